The molecule has 0 aliphatic carbocycles. The summed E-state index contributed by atoms with van der Waals surface area (Å²) in [6.07, 6.45) is 3.33. The predicted molar refractivity (Wildman–Crippen MR) is 66.1 cm³/mol. The molecule has 3 nitrogen and oxygen atoms in total. The van der Waals surface area contributed by atoms with E-state index in [0.29, 0.717) is 6.04 Å². The molecule has 0 saturated carbocycles. The Morgan fingerprint density at radius 2 is 2.00 bits per heavy atom. The summed E-state index contributed by atoms with van der Waals surface area (Å²) in [7, 11) is 3.95. The second kappa shape index (κ2) is 7.20. The molecule has 0 aromatic carbocycles. The Morgan fingerprint density at radius 1 is 1.40 bits per heavy atom. The molecule has 0 heterocycles. The SMILES string of the molecule is CCC(C)(C)N(C)C(CCCN)COC. The van der Waals surface area contributed by atoms with Gasteiger partial charge in [-0.15, -0.1) is 0 Å². The van der Waals surface area contributed by atoms with Crippen molar-refractivity contribution in [1.82, 2.24) is 4.90 Å². The van der Waals surface area contributed by atoms with Gasteiger partial charge in [-0.25, -0.2) is 0 Å². The fourth-order valence-corrected chi connectivity index (χ4v) is 1.68. The molecule has 0 fully saturated rings. The van der Waals surface area contributed by atoms with Crippen LogP contribution in [0, 0.1) is 0 Å². The number of likely N-dealkylation sites (N-methyl/N-ethyl adjacent to an activating group) is 1. The van der Waals surface area contributed by atoms with Gasteiger partial charge in [0.15, 0.2) is 0 Å². The summed E-state index contributed by atoms with van der Waals surface area (Å²) in [6, 6.07) is 0.480. The Hall–Kier alpha value is -0.120. The van der Waals surface area contributed by atoms with Gasteiger partial charge < -0.3 is 10.5 Å². The fourth-order valence-electron chi connectivity index (χ4n) is 1.68. The third kappa shape index (κ3) is 4.96. The molecule has 0 spiro atoms. The monoisotopic (exact) mass is 216 g/mol. The Labute approximate surface area is 95.0 Å². The summed E-state index contributed by atoms with van der Waals surface area (Å²) in [5.74, 6) is 0. The third-order valence-corrected chi connectivity index (χ3v) is 3.47. The zero-order chi connectivity index (χ0) is 11.9. The Balaban J connectivity index is 4.32. The molecule has 3 heteroatoms. The molecular weight excluding hydrogens is 188 g/mol. The van der Waals surface area contributed by atoms with E-state index >= 15 is 0 Å². The van der Waals surface area contributed by atoms with Crippen molar-refractivity contribution in [2.75, 3.05) is 27.3 Å². The van der Waals surface area contributed by atoms with E-state index in [0.717, 1.165) is 32.4 Å². The van der Waals surface area contributed by atoms with Crippen molar-refractivity contribution in [3.8, 4) is 0 Å². The maximum atomic E-state index is 5.56. The van der Waals surface area contributed by atoms with Crippen molar-refractivity contribution in [2.45, 2.75) is 51.6 Å². The Kier molecular flexibility index (Phi) is 7.14. The first-order valence-corrected chi connectivity index (χ1v) is 5.91. The summed E-state index contributed by atoms with van der Waals surface area (Å²) >= 11 is 0. The maximum absolute atomic E-state index is 5.56. The van der Waals surface area contributed by atoms with E-state index in [1.54, 1.807) is 7.11 Å². The van der Waals surface area contributed by atoms with Crippen LogP contribution >= 0.6 is 0 Å². The van der Waals surface area contributed by atoms with E-state index in [1.807, 2.05) is 0 Å². The van der Waals surface area contributed by atoms with Crippen LogP contribution in [0.2, 0.25) is 0 Å². The molecule has 0 aliphatic heterocycles. The molecule has 15 heavy (non-hydrogen) atoms. The summed E-state index contributed by atoms with van der Waals surface area (Å²) in [4.78, 5) is 2.42. The molecule has 1 atom stereocenters. The number of hydrogen-bond acceptors (Lipinski definition) is 3. The van der Waals surface area contributed by atoms with Gasteiger partial charge in [-0.3, -0.25) is 4.90 Å². The molecule has 1 unspecified atom stereocenters. The lowest BCUT2D eigenvalue weighted by atomic mass is 9.96. The third-order valence-electron chi connectivity index (χ3n) is 3.47. The van der Waals surface area contributed by atoms with Crippen molar-refractivity contribution in [1.29, 1.82) is 0 Å². The number of nitrogens with zero attached hydrogens (tertiary/aromatic N) is 1. The van der Waals surface area contributed by atoms with Crippen LogP contribution in [-0.2, 0) is 4.74 Å². The number of methoxy groups -OCH3 is 1. The van der Waals surface area contributed by atoms with E-state index < -0.39 is 0 Å². The Morgan fingerprint density at radius 3 is 2.40 bits per heavy atom. The van der Waals surface area contributed by atoms with Crippen LogP contribution in [0.3, 0.4) is 0 Å². The zero-order valence-corrected chi connectivity index (χ0v) is 11.0. The fraction of sp³-hybridized carbons (Fsp3) is 1.00. The largest absolute Gasteiger partial charge is 0.383 e. The van der Waals surface area contributed by atoms with E-state index in [-0.39, 0.29) is 5.54 Å². The minimum Gasteiger partial charge on any atom is -0.383 e. The van der Waals surface area contributed by atoms with Gasteiger partial charge in [-0.1, -0.05) is 6.92 Å². The minimum absolute atomic E-state index is 0.234. The van der Waals surface area contributed by atoms with E-state index in [2.05, 4.69) is 32.7 Å². The molecule has 0 bridgehead atoms. The highest BCUT2D eigenvalue weighted by Crippen LogP contribution is 2.21. The van der Waals surface area contributed by atoms with E-state index in [9.17, 15) is 0 Å². The van der Waals surface area contributed by atoms with Crippen LogP contribution in [0.15, 0.2) is 0 Å². The zero-order valence-electron chi connectivity index (χ0n) is 11.0. The average molecular weight is 216 g/mol. The van der Waals surface area contributed by atoms with Gasteiger partial charge in [-0.2, -0.15) is 0 Å². The highest BCUT2D eigenvalue weighted by molar-refractivity contribution is 4.83. The van der Waals surface area contributed by atoms with Crippen molar-refractivity contribution < 1.29 is 4.74 Å². The predicted octanol–water partition coefficient (Wildman–Crippen LogP) is 1.86. The molecule has 0 saturated heterocycles. The lowest BCUT2D eigenvalue weighted by Crippen LogP contribution is -2.48. The van der Waals surface area contributed by atoms with Crippen molar-refractivity contribution in [2.24, 2.45) is 5.73 Å². The summed E-state index contributed by atoms with van der Waals surface area (Å²) in [5, 5.41) is 0. The van der Waals surface area contributed by atoms with E-state index in [4.69, 9.17) is 10.5 Å². The highest BCUT2D eigenvalue weighted by Gasteiger charge is 2.27. The summed E-state index contributed by atoms with van der Waals surface area (Å²) in [5.41, 5.74) is 5.79. The number of ether oxygens (including phenoxy) is 1. The normalized spacial score (nSPS) is 14.6. The molecule has 0 radical (unpaired) electrons. The van der Waals surface area contributed by atoms with Gasteiger partial charge >= 0.3 is 0 Å². The Bertz CT molecular complexity index is 160. The minimum atomic E-state index is 0.234. The van der Waals surface area contributed by atoms with Gasteiger partial charge in [0.25, 0.3) is 0 Å². The van der Waals surface area contributed by atoms with Gasteiger partial charge in [-0.05, 0) is 46.7 Å². The lowest BCUT2D eigenvalue weighted by molar-refractivity contribution is 0.0370. The molecule has 92 valence electrons. The van der Waals surface area contributed by atoms with Crippen LogP contribution in [0.5, 0.6) is 0 Å². The van der Waals surface area contributed by atoms with Crippen molar-refractivity contribution >= 4 is 0 Å². The first-order valence-electron chi connectivity index (χ1n) is 5.91. The number of nitrogens with two attached hydrogens (primary N) is 1. The van der Waals surface area contributed by atoms with Crippen LogP contribution in [0.25, 0.3) is 0 Å². The average Bonchev–Trinajstić information content (AvgIpc) is 2.23. The number of hydrogen-bond donors (Lipinski definition) is 1. The topological polar surface area (TPSA) is 38.5 Å². The molecule has 0 rings (SSSR count). The van der Waals surface area contributed by atoms with Crippen molar-refractivity contribution in [3.05, 3.63) is 0 Å². The quantitative estimate of drug-likeness (QED) is 0.673. The first-order chi connectivity index (χ1) is 6.99. The standard InChI is InChI=1S/C12H28N2O/c1-6-12(2,3)14(4)11(10-15-5)8-7-9-13/h11H,6-10,13H2,1-5H3. The van der Waals surface area contributed by atoms with Crippen LogP contribution < -0.4 is 5.73 Å². The molecular formula is C12H28N2O. The lowest BCUT2D eigenvalue weighted by Gasteiger charge is -2.40. The van der Waals surface area contributed by atoms with E-state index in [1.165, 1.54) is 0 Å². The second-order valence-corrected chi connectivity index (χ2v) is 4.82. The van der Waals surface area contributed by atoms with Gasteiger partial charge in [0.05, 0.1) is 6.61 Å². The summed E-state index contributed by atoms with van der Waals surface area (Å²) in [6.45, 7) is 8.33. The van der Waals surface area contributed by atoms with Crippen LogP contribution in [-0.4, -0.2) is 43.8 Å². The smallest absolute Gasteiger partial charge is 0.0618 e. The maximum Gasteiger partial charge on any atom is 0.0618 e. The summed E-state index contributed by atoms with van der Waals surface area (Å²) < 4.78 is 5.28. The molecule has 0 aliphatic rings. The van der Waals surface area contributed by atoms with Gasteiger partial charge in [0.1, 0.15) is 0 Å². The molecule has 2 N–H and O–H groups in total. The van der Waals surface area contributed by atoms with Crippen molar-refractivity contribution in [3.63, 3.8) is 0 Å². The highest BCUT2D eigenvalue weighted by atomic mass is 16.5. The molecule has 0 amide bonds. The van der Waals surface area contributed by atoms with Gasteiger partial charge in [0.2, 0.25) is 0 Å². The molecule has 0 aromatic rings. The van der Waals surface area contributed by atoms with Crippen LogP contribution in [0.1, 0.15) is 40.0 Å². The number of rotatable bonds is 8. The second-order valence-electron chi connectivity index (χ2n) is 4.82. The molecule has 0 aromatic heterocycles. The van der Waals surface area contributed by atoms with Crippen LogP contribution in [0.4, 0.5) is 0 Å². The van der Waals surface area contributed by atoms with Gasteiger partial charge in [0, 0.05) is 18.7 Å². The first kappa shape index (κ1) is 14.9.